The molecule has 0 unspecified atom stereocenters. The molecule has 0 bridgehead atoms. The Morgan fingerprint density at radius 2 is 2.12 bits per heavy atom. The van der Waals surface area contributed by atoms with Gasteiger partial charge in [-0.15, -0.1) is 0 Å². The Balaban J connectivity index is 1.42. The Hall–Kier alpha value is -2.21. The van der Waals surface area contributed by atoms with Crippen LogP contribution in [0.1, 0.15) is 48.8 Å². The van der Waals surface area contributed by atoms with E-state index in [1.54, 1.807) is 0 Å². The van der Waals surface area contributed by atoms with E-state index in [2.05, 4.69) is 20.5 Å². The van der Waals surface area contributed by atoms with Crippen molar-refractivity contribution in [3.8, 4) is 11.4 Å². The fraction of sp³-hybridized carbons (Fsp3) is 0.526. The Morgan fingerprint density at radius 3 is 2.68 bits per heavy atom. The zero-order valence-corrected chi connectivity index (χ0v) is 14.7. The quantitative estimate of drug-likeness (QED) is 0.877. The van der Waals surface area contributed by atoms with Crippen molar-refractivity contribution < 1.29 is 9.53 Å². The van der Waals surface area contributed by atoms with Crippen molar-refractivity contribution >= 4 is 5.91 Å². The van der Waals surface area contributed by atoms with E-state index in [1.807, 2.05) is 38.1 Å². The van der Waals surface area contributed by atoms with Crippen molar-refractivity contribution in [2.75, 3.05) is 6.61 Å². The summed E-state index contributed by atoms with van der Waals surface area (Å²) in [6, 6.07) is 7.69. The summed E-state index contributed by atoms with van der Waals surface area (Å²) in [6.45, 7) is 4.65. The number of H-pyrrole nitrogens is 1. The lowest BCUT2D eigenvalue weighted by molar-refractivity contribution is -0.169. The number of benzene rings is 1. The number of amides is 1. The lowest BCUT2D eigenvalue weighted by atomic mass is 9.51. The molecule has 6 heteroatoms. The molecule has 2 aliphatic carbocycles. The van der Waals surface area contributed by atoms with Crippen LogP contribution in [-0.4, -0.2) is 39.8 Å². The zero-order valence-electron chi connectivity index (χ0n) is 14.7. The molecule has 4 rings (SSSR count). The molecule has 0 aliphatic heterocycles. The van der Waals surface area contributed by atoms with Gasteiger partial charge in [0.2, 0.25) is 0 Å². The average Bonchev–Trinajstić information content (AvgIpc) is 2.99. The van der Waals surface area contributed by atoms with Gasteiger partial charge in [0.15, 0.2) is 5.82 Å². The van der Waals surface area contributed by atoms with Gasteiger partial charge in [-0.3, -0.25) is 9.89 Å². The number of nitrogens with one attached hydrogen (secondary N) is 2. The smallest absolute Gasteiger partial charge is 0.251 e. The van der Waals surface area contributed by atoms with Crippen LogP contribution in [0.4, 0.5) is 0 Å². The van der Waals surface area contributed by atoms with Crippen molar-refractivity contribution in [2.24, 2.45) is 5.41 Å². The lowest BCUT2D eigenvalue weighted by Gasteiger charge is -2.61. The first kappa shape index (κ1) is 16.3. The van der Waals surface area contributed by atoms with Crippen molar-refractivity contribution in [1.29, 1.82) is 0 Å². The van der Waals surface area contributed by atoms with Gasteiger partial charge in [0.05, 0.1) is 6.10 Å². The van der Waals surface area contributed by atoms with E-state index in [1.165, 1.54) is 6.42 Å². The summed E-state index contributed by atoms with van der Waals surface area (Å²) in [6.07, 6.45) is 4.79. The Kier molecular flexibility index (Phi) is 4.07. The summed E-state index contributed by atoms with van der Waals surface area (Å²) >= 11 is 0. The number of aryl methyl sites for hydroxylation is 1. The fourth-order valence-corrected chi connectivity index (χ4v) is 4.12. The molecule has 2 aliphatic rings. The molecule has 6 nitrogen and oxygen atoms in total. The maximum Gasteiger partial charge on any atom is 0.251 e. The third-order valence-corrected chi connectivity index (χ3v) is 5.75. The zero-order chi connectivity index (χ0) is 17.4. The molecule has 2 fully saturated rings. The van der Waals surface area contributed by atoms with Crippen molar-refractivity contribution in [2.45, 2.75) is 51.7 Å². The molecule has 1 amide bonds. The van der Waals surface area contributed by atoms with Gasteiger partial charge in [-0.1, -0.05) is 18.6 Å². The van der Waals surface area contributed by atoms with Gasteiger partial charge < -0.3 is 10.1 Å². The van der Waals surface area contributed by atoms with Crippen LogP contribution in [0, 0.1) is 12.3 Å². The lowest BCUT2D eigenvalue weighted by Crippen LogP contribution is -2.67. The number of ether oxygens (including phenoxy) is 1. The van der Waals surface area contributed by atoms with E-state index in [0.29, 0.717) is 17.5 Å². The van der Waals surface area contributed by atoms with Gasteiger partial charge in [-0.25, -0.2) is 4.98 Å². The van der Waals surface area contributed by atoms with E-state index in [9.17, 15) is 4.79 Å². The molecule has 2 N–H and O–H groups in total. The first-order chi connectivity index (χ1) is 12.1. The highest BCUT2D eigenvalue weighted by molar-refractivity contribution is 5.95. The van der Waals surface area contributed by atoms with E-state index in [4.69, 9.17) is 4.74 Å². The third-order valence-electron chi connectivity index (χ3n) is 5.75. The van der Waals surface area contributed by atoms with Gasteiger partial charge in [-0.2, -0.15) is 5.10 Å². The van der Waals surface area contributed by atoms with Crippen molar-refractivity contribution in [1.82, 2.24) is 20.5 Å². The van der Waals surface area contributed by atoms with E-state index >= 15 is 0 Å². The molecule has 25 heavy (non-hydrogen) atoms. The van der Waals surface area contributed by atoms with Gasteiger partial charge in [-0.05, 0) is 45.2 Å². The molecule has 0 radical (unpaired) electrons. The number of carbonyl (C=O) groups is 1. The summed E-state index contributed by atoms with van der Waals surface area (Å²) < 4.78 is 5.85. The molecule has 1 spiro atoms. The van der Waals surface area contributed by atoms with Gasteiger partial charge >= 0.3 is 0 Å². The normalized spacial score (nSPS) is 23.8. The van der Waals surface area contributed by atoms with Crippen molar-refractivity contribution in [3.63, 3.8) is 0 Å². The second-order valence-corrected chi connectivity index (χ2v) is 7.11. The molecule has 1 aromatic heterocycles. The first-order valence-corrected chi connectivity index (χ1v) is 9.04. The summed E-state index contributed by atoms with van der Waals surface area (Å²) in [5, 5.41) is 10.2. The van der Waals surface area contributed by atoms with Crippen LogP contribution in [0.2, 0.25) is 0 Å². The SMILES string of the molecule is CCO[C@@H]1C[C@H](NC(=O)c2ccc(-c3n[nH]c(C)n3)cc2)C12CCC2. The maximum atomic E-state index is 12.6. The number of nitrogens with zero attached hydrogens (tertiary/aromatic N) is 2. The van der Waals surface area contributed by atoms with E-state index in [0.717, 1.165) is 37.3 Å². The number of aromatic amines is 1. The number of aromatic nitrogens is 3. The second kappa shape index (κ2) is 6.26. The number of rotatable bonds is 5. The van der Waals surface area contributed by atoms with Gasteiger partial charge in [0, 0.05) is 29.2 Å². The highest BCUT2D eigenvalue weighted by Crippen LogP contribution is 2.57. The van der Waals surface area contributed by atoms with Crippen LogP contribution >= 0.6 is 0 Å². The highest BCUT2D eigenvalue weighted by atomic mass is 16.5. The van der Waals surface area contributed by atoms with Gasteiger partial charge in [0.1, 0.15) is 5.82 Å². The predicted molar refractivity (Wildman–Crippen MR) is 94.1 cm³/mol. The predicted octanol–water partition coefficient (Wildman–Crippen LogP) is 2.86. The molecule has 1 heterocycles. The maximum absolute atomic E-state index is 12.6. The fourth-order valence-electron chi connectivity index (χ4n) is 4.12. The molecule has 1 aromatic carbocycles. The second-order valence-electron chi connectivity index (χ2n) is 7.11. The largest absolute Gasteiger partial charge is 0.378 e. The van der Waals surface area contributed by atoms with E-state index < -0.39 is 0 Å². The molecular weight excluding hydrogens is 316 g/mol. The van der Waals surface area contributed by atoms with Crippen LogP contribution in [0.15, 0.2) is 24.3 Å². The van der Waals surface area contributed by atoms with Gasteiger partial charge in [0.25, 0.3) is 5.91 Å². The number of hydrogen-bond acceptors (Lipinski definition) is 4. The number of hydrogen-bond donors (Lipinski definition) is 2. The summed E-state index contributed by atoms with van der Waals surface area (Å²) in [4.78, 5) is 16.9. The first-order valence-electron chi connectivity index (χ1n) is 9.04. The summed E-state index contributed by atoms with van der Waals surface area (Å²) in [7, 11) is 0. The Bertz CT molecular complexity index is 764. The van der Waals surface area contributed by atoms with Crippen LogP contribution in [0.3, 0.4) is 0 Å². The average molecular weight is 340 g/mol. The van der Waals surface area contributed by atoms with Crippen LogP contribution in [0.25, 0.3) is 11.4 Å². The summed E-state index contributed by atoms with van der Waals surface area (Å²) in [5.74, 6) is 1.41. The minimum atomic E-state index is -0.0102. The third kappa shape index (κ3) is 2.74. The topological polar surface area (TPSA) is 79.9 Å². The Morgan fingerprint density at radius 1 is 1.36 bits per heavy atom. The van der Waals surface area contributed by atoms with Crippen LogP contribution in [-0.2, 0) is 4.74 Å². The molecule has 132 valence electrons. The standard InChI is InChI=1S/C19H24N4O2/c1-3-25-16-11-15(19(16)9-4-10-19)21-18(24)14-7-5-13(6-8-14)17-20-12(2)22-23-17/h5-8,15-16H,3-4,9-11H2,1-2H3,(H,21,24)(H,20,22,23)/t15-,16+/m0/s1. The van der Waals surface area contributed by atoms with Crippen LogP contribution < -0.4 is 5.32 Å². The molecule has 0 saturated heterocycles. The van der Waals surface area contributed by atoms with Crippen molar-refractivity contribution in [3.05, 3.63) is 35.7 Å². The van der Waals surface area contributed by atoms with Crippen LogP contribution in [0.5, 0.6) is 0 Å². The monoisotopic (exact) mass is 340 g/mol. The number of carbonyl (C=O) groups excluding carboxylic acids is 1. The Labute approximate surface area is 147 Å². The summed E-state index contributed by atoms with van der Waals surface area (Å²) in [5.41, 5.74) is 1.75. The molecule has 2 atom stereocenters. The van der Waals surface area contributed by atoms with E-state index in [-0.39, 0.29) is 17.4 Å². The molecular formula is C19H24N4O2. The molecule has 2 saturated carbocycles. The minimum absolute atomic E-state index is 0.0102. The molecule has 2 aromatic rings. The minimum Gasteiger partial charge on any atom is -0.378 e. The highest BCUT2D eigenvalue weighted by Gasteiger charge is 2.59.